The molecule has 0 fully saturated rings. The van der Waals surface area contributed by atoms with Crippen LogP contribution in [0.25, 0.3) is 0 Å². The lowest BCUT2D eigenvalue weighted by Gasteiger charge is -2.30. The predicted molar refractivity (Wildman–Crippen MR) is 89.2 cm³/mol. The molecular weight excluding hydrogens is 350 g/mol. The molecule has 2 aromatic rings. The van der Waals surface area contributed by atoms with Crippen molar-refractivity contribution >= 4 is 21.8 Å². The van der Waals surface area contributed by atoms with Crippen LogP contribution in [0.1, 0.15) is 17.5 Å². The fraction of sp³-hybridized carbons (Fsp3) is 0.235. The topological polar surface area (TPSA) is 66.5 Å². The zero-order valence-corrected chi connectivity index (χ0v) is 14.0. The molecule has 1 N–H and O–H groups in total. The van der Waals surface area contributed by atoms with Gasteiger partial charge in [0.15, 0.2) is 11.6 Å². The van der Waals surface area contributed by atoms with Crippen molar-refractivity contribution in [2.45, 2.75) is 19.3 Å². The molecular formula is C17H16F2N2O3S. The Labute approximate surface area is 144 Å². The first-order valence-electron chi connectivity index (χ1n) is 7.72. The molecule has 0 atom stereocenters. The Hall–Kier alpha value is -2.48. The van der Waals surface area contributed by atoms with Crippen molar-refractivity contribution in [2.24, 2.45) is 0 Å². The molecule has 1 heterocycles. The van der Waals surface area contributed by atoms with Crippen molar-refractivity contribution in [3.8, 4) is 0 Å². The normalized spacial score (nSPS) is 14.1. The molecule has 0 bridgehead atoms. The second kappa shape index (κ2) is 6.79. The standard InChI is InChI=1S/C17H16F2N2O3S/c18-14-8-7-12(10-15(14)19)11-17(22)20-25(23,24)21-9-3-5-13-4-1-2-6-16(13)21/h1-2,4,6-8,10H,3,5,9,11H2,(H,20,22). The summed E-state index contributed by atoms with van der Waals surface area (Å²) in [5.41, 5.74) is 1.62. The first kappa shape index (κ1) is 17.3. The van der Waals surface area contributed by atoms with E-state index < -0.39 is 27.8 Å². The summed E-state index contributed by atoms with van der Waals surface area (Å²) >= 11 is 0. The number of carbonyl (C=O) groups excluding carboxylic acids is 1. The zero-order chi connectivity index (χ0) is 18.0. The number of para-hydroxylation sites is 1. The summed E-state index contributed by atoms with van der Waals surface area (Å²) in [4.78, 5) is 12.0. The molecule has 0 radical (unpaired) electrons. The molecule has 1 amide bonds. The van der Waals surface area contributed by atoms with Gasteiger partial charge >= 0.3 is 10.2 Å². The summed E-state index contributed by atoms with van der Waals surface area (Å²) in [7, 11) is -4.07. The Kier molecular flexibility index (Phi) is 4.71. The van der Waals surface area contributed by atoms with Gasteiger partial charge in [-0.15, -0.1) is 0 Å². The molecule has 0 saturated heterocycles. The maximum atomic E-state index is 13.2. The first-order chi connectivity index (χ1) is 11.9. The zero-order valence-electron chi connectivity index (χ0n) is 13.2. The summed E-state index contributed by atoms with van der Waals surface area (Å²) < 4.78 is 54.3. The lowest BCUT2D eigenvalue weighted by molar-refractivity contribution is -0.118. The van der Waals surface area contributed by atoms with E-state index in [1.54, 1.807) is 12.1 Å². The van der Waals surface area contributed by atoms with Crippen molar-refractivity contribution in [3.63, 3.8) is 0 Å². The van der Waals surface area contributed by atoms with Crippen LogP contribution in [0.4, 0.5) is 14.5 Å². The second-order valence-corrected chi connectivity index (χ2v) is 7.35. The minimum absolute atomic E-state index is 0.186. The van der Waals surface area contributed by atoms with Crippen LogP contribution in [0.15, 0.2) is 42.5 Å². The van der Waals surface area contributed by atoms with E-state index in [1.165, 1.54) is 6.07 Å². The first-order valence-corrected chi connectivity index (χ1v) is 9.16. The van der Waals surface area contributed by atoms with E-state index in [0.717, 1.165) is 28.4 Å². The Bertz CT molecular complexity index is 916. The quantitative estimate of drug-likeness (QED) is 0.903. The largest absolute Gasteiger partial charge is 0.326 e. The van der Waals surface area contributed by atoms with Crippen LogP contribution in [0, 0.1) is 11.6 Å². The number of halogens is 2. The van der Waals surface area contributed by atoms with E-state index in [4.69, 9.17) is 0 Å². The minimum atomic E-state index is -4.07. The summed E-state index contributed by atoms with van der Waals surface area (Å²) in [5, 5.41) is 0. The van der Waals surface area contributed by atoms with Gasteiger partial charge < -0.3 is 0 Å². The number of nitrogens with zero attached hydrogens (tertiary/aromatic N) is 1. The van der Waals surface area contributed by atoms with Gasteiger partial charge in [0, 0.05) is 6.54 Å². The second-order valence-electron chi connectivity index (χ2n) is 5.76. The summed E-state index contributed by atoms with van der Waals surface area (Å²) in [6.07, 6.45) is 1.05. The van der Waals surface area contributed by atoms with Gasteiger partial charge in [-0.3, -0.25) is 9.10 Å². The van der Waals surface area contributed by atoms with Gasteiger partial charge in [0.1, 0.15) is 0 Å². The highest BCUT2D eigenvalue weighted by Gasteiger charge is 2.28. The van der Waals surface area contributed by atoms with Gasteiger partial charge in [0.2, 0.25) is 5.91 Å². The summed E-state index contributed by atoms with van der Waals surface area (Å²) in [6, 6.07) is 10.1. The van der Waals surface area contributed by atoms with E-state index in [2.05, 4.69) is 0 Å². The van der Waals surface area contributed by atoms with Crippen LogP contribution in [0.5, 0.6) is 0 Å². The number of carbonyl (C=O) groups is 1. The lowest BCUT2D eigenvalue weighted by atomic mass is 10.0. The molecule has 25 heavy (non-hydrogen) atoms. The van der Waals surface area contributed by atoms with Crippen LogP contribution >= 0.6 is 0 Å². The number of nitrogens with one attached hydrogen (secondary N) is 1. The molecule has 0 aromatic heterocycles. The number of aryl methyl sites for hydroxylation is 1. The number of rotatable bonds is 4. The number of benzene rings is 2. The molecule has 3 rings (SSSR count). The highest BCUT2D eigenvalue weighted by molar-refractivity contribution is 7.91. The SMILES string of the molecule is O=C(Cc1ccc(F)c(F)c1)NS(=O)(=O)N1CCCc2ccccc21. The van der Waals surface area contributed by atoms with E-state index in [9.17, 15) is 22.0 Å². The number of fused-ring (bicyclic) bond motifs is 1. The third-order valence-corrected chi connectivity index (χ3v) is 5.39. The molecule has 0 aliphatic carbocycles. The van der Waals surface area contributed by atoms with Crippen molar-refractivity contribution in [1.29, 1.82) is 0 Å². The number of anilines is 1. The average Bonchev–Trinajstić information content (AvgIpc) is 2.57. The predicted octanol–water partition coefficient (Wildman–Crippen LogP) is 2.32. The van der Waals surface area contributed by atoms with E-state index in [0.29, 0.717) is 12.1 Å². The van der Waals surface area contributed by atoms with Crippen LogP contribution in [0.2, 0.25) is 0 Å². The Morgan fingerprint density at radius 1 is 1.12 bits per heavy atom. The highest BCUT2D eigenvalue weighted by Crippen LogP contribution is 2.28. The molecule has 0 saturated carbocycles. The van der Waals surface area contributed by atoms with Gasteiger partial charge in [0.05, 0.1) is 12.1 Å². The molecule has 1 aliphatic rings. The van der Waals surface area contributed by atoms with Gasteiger partial charge in [-0.2, -0.15) is 8.42 Å². The maximum absolute atomic E-state index is 13.2. The molecule has 8 heteroatoms. The van der Waals surface area contributed by atoms with Crippen molar-refractivity contribution in [2.75, 3.05) is 10.8 Å². The Morgan fingerprint density at radius 2 is 1.88 bits per heavy atom. The molecule has 1 aliphatic heterocycles. The van der Waals surface area contributed by atoms with E-state index in [1.807, 2.05) is 16.9 Å². The smallest absolute Gasteiger partial charge is 0.274 e. The number of hydrogen-bond acceptors (Lipinski definition) is 3. The van der Waals surface area contributed by atoms with Crippen LogP contribution in [0.3, 0.4) is 0 Å². The Morgan fingerprint density at radius 3 is 2.64 bits per heavy atom. The lowest BCUT2D eigenvalue weighted by Crippen LogP contribution is -2.46. The van der Waals surface area contributed by atoms with Crippen LogP contribution in [-0.2, 0) is 27.8 Å². The van der Waals surface area contributed by atoms with Crippen molar-refractivity contribution in [3.05, 3.63) is 65.2 Å². The van der Waals surface area contributed by atoms with Gasteiger partial charge in [0.25, 0.3) is 0 Å². The van der Waals surface area contributed by atoms with Crippen molar-refractivity contribution < 1.29 is 22.0 Å². The Balaban J connectivity index is 1.75. The fourth-order valence-corrected chi connectivity index (χ4v) is 4.10. The number of amides is 1. The molecule has 5 nitrogen and oxygen atoms in total. The van der Waals surface area contributed by atoms with E-state index >= 15 is 0 Å². The van der Waals surface area contributed by atoms with Crippen molar-refractivity contribution in [1.82, 2.24) is 4.72 Å². The maximum Gasteiger partial charge on any atom is 0.326 e. The summed E-state index contributed by atoms with van der Waals surface area (Å²) in [6.45, 7) is 0.269. The van der Waals surface area contributed by atoms with Crippen LogP contribution in [-0.4, -0.2) is 20.9 Å². The molecule has 2 aromatic carbocycles. The minimum Gasteiger partial charge on any atom is -0.274 e. The third-order valence-electron chi connectivity index (χ3n) is 3.95. The van der Waals surface area contributed by atoms with Crippen LogP contribution < -0.4 is 9.03 Å². The van der Waals surface area contributed by atoms with E-state index in [-0.39, 0.29) is 18.5 Å². The monoisotopic (exact) mass is 366 g/mol. The average molecular weight is 366 g/mol. The number of hydrogen-bond donors (Lipinski definition) is 1. The molecule has 0 spiro atoms. The van der Waals surface area contributed by atoms with Gasteiger partial charge in [-0.05, 0) is 42.2 Å². The third kappa shape index (κ3) is 3.79. The fourth-order valence-electron chi connectivity index (χ4n) is 2.82. The van der Waals surface area contributed by atoms with Gasteiger partial charge in [-0.1, -0.05) is 24.3 Å². The van der Waals surface area contributed by atoms with Gasteiger partial charge in [-0.25, -0.2) is 13.5 Å². The highest BCUT2D eigenvalue weighted by atomic mass is 32.2. The summed E-state index contributed by atoms with van der Waals surface area (Å²) in [5.74, 6) is -2.92. The molecule has 0 unspecified atom stereocenters. The molecule has 132 valence electrons.